The summed E-state index contributed by atoms with van der Waals surface area (Å²) < 4.78 is 0. The van der Waals surface area contributed by atoms with Crippen LogP contribution in [-0.2, 0) is 4.79 Å². The number of hydrogen-bond donors (Lipinski definition) is 0. The molecule has 2 aliphatic heterocycles. The molecule has 0 spiro atoms. The molecule has 3 fully saturated rings. The minimum Gasteiger partial charge on any atom is -0.342 e. The SMILES string of the molecule is C/N=C/c1ccc([C@@H]2C[C@@H](C)CN(C(=O)C[C@@H]3[C@H]4CN(C)C[C@@H]34)C2)c2cccnc12. The van der Waals surface area contributed by atoms with Crippen molar-refractivity contribution in [3.63, 3.8) is 0 Å². The molecule has 0 N–H and O–H groups in total. The van der Waals surface area contributed by atoms with Gasteiger partial charge in [-0.15, -0.1) is 0 Å². The number of amides is 1. The Kier molecular flexibility index (Phi) is 5.10. The minimum absolute atomic E-state index is 0.363. The van der Waals surface area contributed by atoms with Gasteiger partial charge < -0.3 is 9.80 Å². The highest BCUT2D eigenvalue weighted by molar-refractivity contribution is 5.99. The van der Waals surface area contributed by atoms with Crippen molar-refractivity contribution in [1.29, 1.82) is 0 Å². The van der Waals surface area contributed by atoms with Crippen LogP contribution in [0.4, 0.5) is 0 Å². The van der Waals surface area contributed by atoms with Crippen LogP contribution < -0.4 is 0 Å². The van der Waals surface area contributed by atoms with Crippen LogP contribution in [0.25, 0.3) is 10.9 Å². The Morgan fingerprint density at radius 1 is 1.20 bits per heavy atom. The van der Waals surface area contributed by atoms with E-state index in [4.69, 9.17) is 0 Å². The summed E-state index contributed by atoms with van der Waals surface area (Å²) in [6.07, 6.45) is 5.59. The normalized spacial score (nSPS) is 31.4. The monoisotopic (exact) mass is 404 g/mol. The van der Waals surface area contributed by atoms with Gasteiger partial charge in [0, 0.05) is 68.9 Å². The number of rotatable bonds is 4. The van der Waals surface area contributed by atoms with E-state index in [-0.39, 0.29) is 0 Å². The number of aliphatic imine (C=N–C) groups is 1. The summed E-state index contributed by atoms with van der Waals surface area (Å²) in [5, 5.41) is 1.20. The van der Waals surface area contributed by atoms with Crippen LogP contribution in [-0.4, -0.2) is 67.2 Å². The second kappa shape index (κ2) is 7.77. The van der Waals surface area contributed by atoms with Crippen LogP contribution in [0.5, 0.6) is 0 Å². The largest absolute Gasteiger partial charge is 0.342 e. The molecule has 1 amide bonds. The third-order valence-corrected chi connectivity index (χ3v) is 7.52. The lowest BCUT2D eigenvalue weighted by molar-refractivity contribution is -0.133. The average Bonchev–Trinajstić information content (AvgIpc) is 3.18. The molecule has 2 saturated heterocycles. The van der Waals surface area contributed by atoms with Crippen LogP contribution in [0.3, 0.4) is 0 Å². The molecule has 5 rings (SSSR count). The molecule has 1 saturated carbocycles. The zero-order valence-corrected chi connectivity index (χ0v) is 18.3. The molecule has 1 aliphatic carbocycles. The minimum atomic E-state index is 0.363. The number of benzene rings is 1. The van der Waals surface area contributed by atoms with Gasteiger partial charge in [-0.25, -0.2) is 0 Å². The zero-order chi connectivity index (χ0) is 20.8. The van der Waals surface area contributed by atoms with Crippen LogP contribution in [0, 0.1) is 23.7 Å². The molecule has 0 radical (unpaired) electrons. The maximum atomic E-state index is 13.2. The van der Waals surface area contributed by atoms with E-state index < -0.39 is 0 Å². The summed E-state index contributed by atoms with van der Waals surface area (Å²) >= 11 is 0. The molecular weight excluding hydrogens is 372 g/mol. The molecule has 158 valence electrons. The highest BCUT2D eigenvalue weighted by Crippen LogP contribution is 2.53. The number of aromatic nitrogens is 1. The molecule has 3 aliphatic rings. The van der Waals surface area contributed by atoms with Crippen LogP contribution in [0.1, 0.15) is 36.8 Å². The second-order valence-corrected chi connectivity index (χ2v) is 9.78. The Morgan fingerprint density at radius 3 is 2.77 bits per heavy atom. The van der Waals surface area contributed by atoms with Gasteiger partial charge in [-0.3, -0.25) is 14.8 Å². The maximum absolute atomic E-state index is 13.2. The zero-order valence-electron chi connectivity index (χ0n) is 18.3. The van der Waals surface area contributed by atoms with Crippen molar-refractivity contribution in [2.24, 2.45) is 28.7 Å². The Morgan fingerprint density at radius 2 is 2.00 bits per heavy atom. The number of pyridine rings is 1. The summed E-state index contributed by atoms with van der Waals surface area (Å²) in [5.41, 5.74) is 3.38. The first-order valence-electron chi connectivity index (χ1n) is 11.3. The van der Waals surface area contributed by atoms with E-state index in [1.807, 2.05) is 18.5 Å². The summed E-state index contributed by atoms with van der Waals surface area (Å²) in [5.74, 6) is 3.40. The molecule has 1 aromatic heterocycles. The molecule has 1 aromatic carbocycles. The third-order valence-electron chi connectivity index (χ3n) is 7.52. The number of likely N-dealkylation sites (tertiary alicyclic amines) is 2. The van der Waals surface area contributed by atoms with Crippen molar-refractivity contribution in [1.82, 2.24) is 14.8 Å². The van der Waals surface area contributed by atoms with E-state index in [1.165, 1.54) is 24.0 Å². The molecule has 5 heteroatoms. The van der Waals surface area contributed by atoms with Gasteiger partial charge in [-0.1, -0.05) is 25.1 Å². The fourth-order valence-corrected chi connectivity index (χ4v) is 6.09. The Bertz CT molecular complexity index is 974. The number of piperidine rings is 2. The predicted molar refractivity (Wildman–Crippen MR) is 121 cm³/mol. The van der Waals surface area contributed by atoms with Crippen molar-refractivity contribution in [2.45, 2.75) is 25.7 Å². The fraction of sp³-hybridized carbons (Fsp3) is 0.560. The molecule has 0 bridgehead atoms. The van der Waals surface area contributed by atoms with E-state index in [2.05, 4.69) is 51.9 Å². The smallest absolute Gasteiger partial charge is 0.222 e. The molecule has 5 nitrogen and oxygen atoms in total. The van der Waals surface area contributed by atoms with Gasteiger partial charge in [-0.05, 0) is 48.8 Å². The molecular formula is C25H32N4O. The number of carbonyl (C=O) groups excluding carboxylic acids is 1. The Balaban J connectivity index is 1.35. The number of nitrogens with zero attached hydrogens (tertiary/aromatic N) is 4. The second-order valence-electron chi connectivity index (χ2n) is 9.78. The molecule has 3 heterocycles. The lowest BCUT2D eigenvalue weighted by Crippen LogP contribution is -2.43. The highest BCUT2D eigenvalue weighted by Gasteiger charge is 2.55. The van der Waals surface area contributed by atoms with Crippen LogP contribution >= 0.6 is 0 Å². The van der Waals surface area contributed by atoms with E-state index in [0.717, 1.165) is 48.8 Å². The van der Waals surface area contributed by atoms with Gasteiger partial charge in [0.1, 0.15) is 0 Å². The molecule has 0 unspecified atom stereocenters. The molecule has 2 aromatic rings. The van der Waals surface area contributed by atoms with Crippen molar-refractivity contribution in [3.05, 3.63) is 41.6 Å². The lowest BCUT2D eigenvalue weighted by Gasteiger charge is -2.37. The van der Waals surface area contributed by atoms with Gasteiger partial charge in [0.15, 0.2) is 0 Å². The van der Waals surface area contributed by atoms with Crippen LogP contribution in [0.2, 0.25) is 0 Å². The first-order chi connectivity index (χ1) is 14.5. The lowest BCUT2D eigenvalue weighted by atomic mass is 9.83. The molecule has 5 atom stereocenters. The maximum Gasteiger partial charge on any atom is 0.222 e. The first kappa shape index (κ1) is 19.7. The van der Waals surface area contributed by atoms with Crippen molar-refractivity contribution in [3.8, 4) is 0 Å². The number of fused-ring (bicyclic) bond motifs is 2. The van der Waals surface area contributed by atoms with Crippen LogP contribution in [0.15, 0.2) is 35.5 Å². The van der Waals surface area contributed by atoms with Gasteiger partial charge in [-0.2, -0.15) is 0 Å². The fourth-order valence-electron chi connectivity index (χ4n) is 6.09. The number of carbonyl (C=O) groups is 1. The van der Waals surface area contributed by atoms with E-state index in [1.54, 1.807) is 7.05 Å². The molecule has 30 heavy (non-hydrogen) atoms. The van der Waals surface area contributed by atoms with Gasteiger partial charge in [0.05, 0.1) is 5.52 Å². The van der Waals surface area contributed by atoms with Gasteiger partial charge in [0.25, 0.3) is 0 Å². The van der Waals surface area contributed by atoms with Crippen molar-refractivity contribution in [2.75, 3.05) is 40.3 Å². The summed E-state index contributed by atoms with van der Waals surface area (Å²) in [7, 11) is 3.99. The first-order valence-corrected chi connectivity index (χ1v) is 11.3. The third kappa shape index (κ3) is 3.53. The summed E-state index contributed by atoms with van der Waals surface area (Å²) in [4.78, 5) is 26.6. The summed E-state index contributed by atoms with van der Waals surface area (Å²) in [6.45, 7) is 6.36. The van der Waals surface area contributed by atoms with Gasteiger partial charge in [0.2, 0.25) is 5.91 Å². The average molecular weight is 405 g/mol. The van der Waals surface area contributed by atoms with Crippen molar-refractivity contribution < 1.29 is 4.79 Å². The number of hydrogen-bond acceptors (Lipinski definition) is 4. The van der Waals surface area contributed by atoms with E-state index in [0.29, 0.717) is 23.7 Å². The summed E-state index contributed by atoms with van der Waals surface area (Å²) in [6, 6.07) is 8.53. The highest BCUT2D eigenvalue weighted by atomic mass is 16.2. The standard InChI is InChI=1S/C25H32N4O/c1-16-9-18(19-7-6-17(11-26-2)25-20(19)5-4-8-27-25)13-29(12-16)24(30)10-21-22-14-28(3)15-23(21)22/h4-8,11,16,18,21-23H,9-10,12-15H2,1-3H3/b26-11+/t16-,18-,21-,22-,23+/m1/s1. The van der Waals surface area contributed by atoms with Gasteiger partial charge >= 0.3 is 0 Å². The Hall–Kier alpha value is -2.27. The Labute approximate surface area is 179 Å². The predicted octanol–water partition coefficient (Wildman–Crippen LogP) is 3.43. The quantitative estimate of drug-likeness (QED) is 0.734. The van der Waals surface area contributed by atoms with E-state index in [9.17, 15) is 4.79 Å². The van der Waals surface area contributed by atoms with Crippen molar-refractivity contribution >= 4 is 23.0 Å². The van der Waals surface area contributed by atoms with E-state index >= 15 is 0 Å². The topological polar surface area (TPSA) is 48.8 Å².